The monoisotopic (exact) mass is 502 g/mol. The smallest absolute Gasteiger partial charge is 0.255 e. The molecule has 3 aromatic rings. The van der Waals surface area contributed by atoms with Gasteiger partial charge >= 0.3 is 0 Å². The van der Waals surface area contributed by atoms with Crippen LogP contribution in [0.2, 0.25) is 5.02 Å². The number of aliphatic hydroxyl groups is 1. The van der Waals surface area contributed by atoms with Gasteiger partial charge in [-0.1, -0.05) is 35.9 Å². The Bertz CT molecular complexity index is 1250. The summed E-state index contributed by atoms with van der Waals surface area (Å²) in [5, 5.41) is 26.5. The Balaban J connectivity index is 1.61. The van der Waals surface area contributed by atoms with Crippen molar-refractivity contribution in [1.82, 2.24) is 10.6 Å². The van der Waals surface area contributed by atoms with Crippen LogP contribution in [0.3, 0.4) is 0 Å². The van der Waals surface area contributed by atoms with Crippen LogP contribution in [0, 0.1) is 0 Å². The van der Waals surface area contributed by atoms with Crippen molar-refractivity contribution >= 4 is 27.3 Å². The Morgan fingerprint density at radius 2 is 1.74 bits per heavy atom. The summed E-state index contributed by atoms with van der Waals surface area (Å²) in [6.45, 7) is 3.04. The Morgan fingerprint density at radius 1 is 1.03 bits per heavy atom. The fraction of sp³-hybridized carbons (Fsp3) is 0.240. The number of hydrogen-bond donors (Lipinski definition) is 4. The highest BCUT2D eigenvalue weighted by Crippen LogP contribution is 2.26. The number of phenols is 1. The van der Waals surface area contributed by atoms with Gasteiger partial charge < -0.3 is 20.8 Å². The van der Waals surface area contributed by atoms with Crippen LogP contribution in [0.5, 0.6) is 5.75 Å². The quantitative estimate of drug-likeness (QED) is 0.315. The first kappa shape index (κ1) is 25.7. The highest BCUT2D eigenvalue weighted by atomic mass is 35.5. The predicted octanol–water partition coefficient (Wildman–Crippen LogP) is 3.49. The van der Waals surface area contributed by atoms with Crippen LogP contribution >= 0.6 is 11.6 Å². The van der Waals surface area contributed by atoms with Gasteiger partial charge in [-0.05, 0) is 73.5 Å². The van der Waals surface area contributed by atoms with E-state index in [1.54, 1.807) is 37.3 Å². The summed E-state index contributed by atoms with van der Waals surface area (Å²) in [6.07, 6.45) is -0.0378. The largest absolute Gasteiger partial charge is 0.507 e. The molecular weight excluding hydrogens is 476 g/mol. The zero-order chi connectivity index (χ0) is 24.7. The van der Waals surface area contributed by atoms with E-state index in [1.807, 2.05) is 6.07 Å². The predicted molar refractivity (Wildman–Crippen MR) is 131 cm³/mol. The van der Waals surface area contributed by atoms with E-state index < -0.39 is 21.8 Å². The molecule has 0 aliphatic heterocycles. The molecule has 0 saturated heterocycles. The van der Waals surface area contributed by atoms with E-state index in [-0.39, 0.29) is 21.1 Å². The minimum atomic E-state index is -3.86. The summed E-state index contributed by atoms with van der Waals surface area (Å²) >= 11 is 5.95. The van der Waals surface area contributed by atoms with Gasteiger partial charge in [0.25, 0.3) is 5.91 Å². The van der Waals surface area contributed by atoms with E-state index in [4.69, 9.17) is 11.6 Å². The summed E-state index contributed by atoms with van der Waals surface area (Å²) in [5.41, 5.74) is 1.57. The molecule has 0 fully saturated rings. The number of halogens is 1. The third-order valence-electron chi connectivity index (χ3n) is 5.26. The van der Waals surface area contributed by atoms with Gasteiger partial charge in [0.2, 0.25) is 9.84 Å². The molecule has 0 aromatic heterocycles. The van der Waals surface area contributed by atoms with Gasteiger partial charge in [0.1, 0.15) is 5.75 Å². The normalized spacial score (nSPS) is 12.3. The van der Waals surface area contributed by atoms with E-state index in [0.29, 0.717) is 31.1 Å². The number of carbonyl (C=O) groups is 1. The second-order valence-electron chi connectivity index (χ2n) is 7.71. The number of phenolic OH excluding ortho intramolecular Hbond substituents is 1. The number of nitrogens with one attached hydrogen (secondary N) is 2. The molecule has 1 amide bonds. The van der Waals surface area contributed by atoms with Crippen LogP contribution < -0.4 is 10.6 Å². The molecule has 0 aliphatic rings. The standard InChI is InChI=1S/C25H27ClN2O5S/c1-2-28-25(31)22-15-21(10-11-23(22)29)34(32,33)20-8-6-17(7-9-20)12-13-27-16-24(30)18-4-3-5-19(26)14-18/h3-11,14-15,24,27,29-30H,2,12-13,16H2,1H3,(H,28,31)/t24-/m0/s1. The molecule has 0 heterocycles. The molecule has 34 heavy (non-hydrogen) atoms. The number of benzene rings is 3. The molecule has 7 nitrogen and oxygen atoms in total. The Kier molecular flexibility index (Phi) is 8.68. The molecule has 0 aliphatic carbocycles. The molecule has 3 aromatic carbocycles. The van der Waals surface area contributed by atoms with Crippen LogP contribution in [-0.2, 0) is 16.3 Å². The van der Waals surface area contributed by atoms with Gasteiger partial charge in [-0.15, -0.1) is 0 Å². The van der Waals surface area contributed by atoms with Gasteiger partial charge in [-0.3, -0.25) is 4.79 Å². The average molecular weight is 503 g/mol. The van der Waals surface area contributed by atoms with Crippen molar-refractivity contribution in [1.29, 1.82) is 0 Å². The van der Waals surface area contributed by atoms with Crippen LogP contribution in [0.15, 0.2) is 76.5 Å². The first-order valence-corrected chi connectivity index (χ1v) is 12.7. The highest BCUT2D eigenvalue weighted by Gasteiger charge is 2.21. The van der Waals surface area contributed by atoms with E-state index in [9.17, 15) is 23.4 Å². The average Bonchev–Trinajstić information content (AvgIpc) is 2.82. The fourth-order valence-corrected chi connectivity index (χ4v) is 4.88. The van der Waals surface area contributed by atoms with Crippen LogP contribution in [0.25, 0.3) is 0 Å². The van der Waals surface area contributed by atoms with E-state index in [0.717, 1.165) is 11.1 Å². The summed E-state index contributed by atoms with van der Waals surface area (Å²) in [5.74, 6) is -0.825. The van der Waals surface area contributed by atoms with Crippen molar-refractivity contribution < 1.29 is 23.4 Å². The lowest BCUT2D eigenvalue weighted by atomic mass is 10.1. The molecule has 1 atom stereocenters. The molecule has 0 saturated carbocycles. The molecular formula is C25H27ClN2O5S. The number of sulfone groups is 1. The van der Waals surface area contributed by atoms with E-state index in [2.05, 4.69) is 10.6 Å². The summed E-state index contributed by atoms with van der Waals surface area (Å²) in [4.78, 5) is 12.1. The zero-order valence-corrected chi connectivity index (χ0v) is 20.2. The van der Waals surface area contributed by atoms with Gasteiger partial charge in [-0.25, -0.2) is 8.42 Å². The Labute approximate surface area is 204 Å². The first-order valence-electron chi connectivity index (χ1n) is 10.8. The van der Waals surface area contributed by atoms with Crippen molar-refractivity contribution in [2.45, 2.75) is 29.2 Å². The maximum atomic E-state index is 13.0. The Hall–Kier alpha value is -2.91. The lowest BCUT2D eigenvalue weighted by Crippen LogP contribution is -2.23. The maximum Gasteiger partial charge on any atom is 0.255 e. The maximum absolute atomic E-state index is 13.0. The molecule has 9 heteroatoms. The molecule has 0 spiro atoms. The minimum Gasteiger partial charge on any atom is -0.507 e. The number of aliphatic hydroxyl groups excluding tert-OH is 1. The number of rotatable bonds is 10. The molecule has 180 valence electrons. The van der Waals surface area contributed by atoms with Gasteiger partial charge in [0, 0.05) is 18.1 Å². The van der Waals surface area contributed by atoms with Crippen LogP contribution in [-0.4, -0.2) is 44.2 Å². The Morgan fingerprint density at radius 3 is 2.41 bits per heavy atom. The van der Waals surface area contributed by atoms with Crippen LogP contribution in [0.1, 0.15) is 34.5 Å². The van der Waals surface area contributed by atoms with Crippen molar-refractivity contribution in [3.63, 3.8) is 0 Å². The van der Waals surface area contributed by atoms with Crippen molar-refractivity contribution in [3.8, 4) is 5.75 Å². The number of hydrogen-bond acceptors (Lipinski definition) is 6. The molecule has 0 bridgehead atoms. The lowest BCUT2D eigenvalue weighted by molar-refractivity contribution is 0.0953. The SMILES string of the molecule is CCNC(=O)c1cc(S(=O)(=O)c2ccc(CCNC[C@H](O)c3cccc(Cl)c3)cc2)ccc1O. The summed E-state index contributed by atoms with van der Waals surface area (Å²) in [7, 11) is -3.86. The molecule has 3 rings (SSSR count). The third-order valence-corrected chi connectivity index (χ3v) is 7.26. The van der Waals surface area contributed by atoms with E-state index >= 15 is 0 Å². The van der Waals surface area contributed by atoms with Crippen molar-refractivity contribution in [2.75, 3.05) is 19.6 Å². The fourth-order valence-electron chi connectivity index (χ4n) is 3.39. The van der Waals surface area contributed by atoms with Gasteiger partial charge in [0.15, 0.2) is 0 Å². The molecule has 4 N–H and O–H groups in total. The summed E-state index contributed by atoms with van der Waals surface area (Å²) < 4.78 is 26.0. The van der Waals surface area contributed by atoms with Crippen molar-refractivity contribution in [3.05, 3.63) is 88.4 Å². The summed E-state index contributed by atoms with van der Waals surface area (Å²) in [6, 6.07) is 17.2. The minimum absolute atomic E-state index is 0.0732. The number of aromatic hydroxyl groups is 1. The topological polar surface area (TPSA) is 116 Å². The number of carbonyl (C=O) groups excluding carboxylic acids is 1. The van der Waals surface area contributed by atoms with E-state index in [1.165, 1.54) is 30.3 Å². The molecule has 0 unspecified atom stereocenters. The van der Waals surface area contributed by atoms with Crippen LogP contribution in [0.4, 0.5) is 0 Å². The zero-order valence-electron chi connectivity index (χ0n) is 18.7. The third kappa shape index (κ3) is 6.36. The molecule has 0 radical (unpaired) electrons. The van der Waals surface area contributed by atoms with Gasteiger partial charge in [-0.2, -0.15) is 0 Å². The highest BCUT2D eigenvalue weighted by molar-refractivity contribution is 7.91. The first-order chi connectivity index (χ1) is 16.2. The van der Waals surface area contributed by atoms with Crippen molar-refractivity contribution in [2.24, 2.45) is 0 Å². The lowest BCUT2D eigenvalue weighted by Gasteiger charge is -2.13. The second kappa shape index (κ2) is 11.5. The second-order valence-corrected chi connectivity index (χ2v) is 10.1. The number of amides is 1. The van der Waals surface area contributed by atoms with Gasteiger partial charge in [0.05, 0.1) is 21.5 Å².